The van der Waals surface area contributed by atoms with E-state index in [1.54, 1.807) is 13.8 Å². The molecule has 4 unspecified atom stereocenters. The minimum atomic E-state index is -0.943. The molecule has 1 saturated heterocycles. The second-order valence-corrected chi connectivity index (χ2v) is 12.2. The number of likely N-dealkylation sites (tertiary alicyclic amines) is 1. The Morgan fingerprint density at radius 2 is 1.84 bits per heavy atom. The lowest BCUT2D eigenvalue weighted by molar-refractivity contribution is -0.146. The van der Waals surface area contributed by atoms with E-state index in [0.29, 0.717) is 0 Å². The van der Waals surface area contributed by atoms with Crippen molar-refractivity contribution < 1.29 is 23.9 Å². The zero-order chi connectivity index (χ0) is 19.1. The SMILES string of the molecule is COC(C)C(=O)NC(C)NC(=O)C(C)N1C(=O)CC(SSSI)C1=O. The fourth-order valence-corrected chi connectivity index (χ4v) is 6.86. The molecule has 2 N–H and O–H groups in total. The normalized spacial score (nSPS) is 21.0. The minimum absolute atomic E-state index is 0.0863. The molecule has 1 rings (SSSR count). The van der Waals surface area contributed by atoms with E-state index in [4.69, 9.17) is 4.74 Å². The summed E-state index contributed by atoms with van der Waals surface area (Å²) in [6, 6.07) is -0.943. The fourth-order valence-electron chi connectivity index (χ4n) is 2.09. The number of methoxy groups -OCH3 is 1. The van der Waals surface area contributed by atoms with Crippen molar-refractivity contribution in [2.75, 3.05) is 7.11 Å². The number of hydrogen-bond donors (Lipinski definition) is 2. The van der Waals surface area contributed by atoms with Crippen LogP contribution in [0.25, 0.3) is 0 Å². The number of rotatable bonds is 9. The lowest BCUT2D eigenvalue weighted by Crippen LogP contribution is -2.55. The highest BCUT2D eigenvalue weighted by Crippen LogP contribution is 2.44. The summed E-state index contributed by atoms with van der Waals surface area (Å²) in [6.45, 7) is 4.66. The summed E-state index contributed by atoms with van der Waals surface area (Å²) in [7, 11) is 5.60. The van der Waals surface area contributed by atoms with Gasteiger partial charge in [-0.25, -0.2) is 0 Å². The summed E-state index contributed by atoms with van der Waals surface area (Å²) in [5.41, 5.74) is 0. The van der Waals surface area contributed by atoms with E-state index >= 15 is 0 Å². The largest absolute Gasteiger partial charge is 0.372 e. The van der Waals surface area contributed by atoms with Crippen LogP contribution in [-0.2, 0) is 23.9 Å². The maximum atomic E-state index is 12.4. The second-order valence-electron chi connectivity index (χ2n) is 5.31. The number of nitrogens with zero attached hydrogens (tertiary/aromatic N) is 1. The van der Waals surface area contributed by atoms with Crippen molar-refractivity contribution in [3.63, 3.8) is 0 Å². The van der Waals surface area contributed by atoms with Crippen molar-refractivity contribution in [3.05, 3.63) is 0 Å². The van der Waals surface area contributed by atoms with Crippen molar-refractivity contribution in [1.29, 1.82) is 0 Å². The number of amides is 4. The quantitative estimate of drug-likeness (QED) is 0.204. The van der Waals surface area contributed by atoms with E-state index in [2.05, 4.69) is 31.8 Å². The van der Waals surface area contributed by atoms with Crippen molar-refractivity contribution in [3.8, 4) is 0 Å². The Balaban J connectivity index is 2.62. The molecule has 1 fully saturated rings. The molecule has 12 heteroatoms. The maximum Gasteiger partial charge on any atom is 0.250 e. The van der Waals surface area contributed by atoms with Crippen LogP contribution in [0.5, 0.6) is 0 Å². The monoisotopic (exact) mass is 521 g/mol. The van der Waals surface area contributed by atoms with Crippen LogP contribution in [0.3, 0.4) is 0 Å². The molecule has 0 aliphatic carbocycles. The molecule has 0 saturated carbocycles. The molecule has 8 nitrogen and oxygen atoms in total. The van der Waals surface area contributed by atoms with Crippen LogP contribution < -0.4 is 10.6 Å². The predicted molar refractivity (Wildman–Crippen MR) is 109 cm³/mol. The zero-order valence-corrected chi connectivity index (χ0v) is 18.7. The number of halogens is 1. The molecule has 25 heavy (non-hydrogen) atoms. The first-order valence-corrected chi connectivity index (χ1v) is 13.4. The van der Waals surface area contributed by atoms with Gasteiger partial charge in [0.25, 0.3) is 0 Å². The lowest BCUT2D eigenvalue weighted by Gasteiger charge is -2.25. The van der Waals surface area contributed by atoms with Crippen LogP contribution in [0, 0.1) is 0 Å². The summed E-state index contributed by atoms with van der Waals surface area (Å²) < 4.78 is 4.89. The van der Waals surface area contributed by atoms with Gasteiger partial charge in [0.15, 0.2) is 0 Å². The summed E-state index contributed by atoms with van der Waals surface area (Å²) >= 11 is 2.09. The topological polar surface area (TPSA) is 105 Å². The third kappa shape index (κ3) is 6.48. The standard InChI is InChI=1S/C13H20IN3O5S3/c1-6(11(19)15-8(3)16-12(20)7(2)22-4)17-10(18)5-9(13(17)21)23-25-24-14/h6-9H,5H2,1-4H3,(H,15,19)(H,16,20). The molecule has 1 aliphatic heterocycles. The molecule has 0 bridgehead atoms. The van der Waals surface area contributed by atoms with Crippen LogP contribution in [0.1, 0.15) is 27.2 Å². The molecule has 0 aromatic rings. The van der Waals surface area contributed by atoms with Gasteiger partial charge in [0.05, 0.1) is 6.17 Å². The van der Waals surface area contributed by atoms with Gasteiger partial charge in [0.2, 0.25) is 23.6 Å². The van der Waals surface area contributed by atoms with E-state index in [0.717, 1.165) is 4.90 Å². The molecule has 4 amide bonds. The van der Waals surface area contributed by atoms with E-state index in [-0.39, 0.29) is 24.1 Å². The number of nitrogens with one attached hydrogen (secondary N) is 2. The Bertz CT molecular complexity index is 539. The summed E-state index contributed by atoms with van der Waals surface area (Å²) in [5, 5.41) is 4.67. The maximum absolute atomic E-state index is 12.4. The highest BCUT2D eigenvalue weighted by molar-refractivity contribution is 14.2. The van der Waals surface area contributed by atoms with Crippen LogP contribution >= 0.6 is 49.8 Å². The summed E-state index contributed by atoms with van der Waals surface area (Å²) in [6.07, 6.45) is -1.23. The highest BCUT2D eigenvalue weighted by Gasteiger charge is 2.43. The third-order valence-electron chi connectivity index (χ3n) is 3.53. The van der Waals surface area contributed by atoms with Crippen LogP contribution in [-0.4, -0.2) is 59.2 Å². The average molecular weight is 521 g/mol. The van der Waals surface area contributed by atoms with Gasteiger partial charge in [-0.05, 0) is 38.6 Å². The Labute approximate surface area is 170 Å². The molecule has 1 aliphatic rings. The Hall–Kier alpha value is -0.180. The summed E-state index contributed by atoms with van der Waals surface area (Å²) in [4.78, 5) is 49.5. The van der Waals surface area contributed by atoms with Crippen LogP contribution in [0.4, 0.5) is 0 Å². The zero-order valence-electron chi connectivity index (χ0n) is 14.1. The Morgan fingerprint density at radius 1 is 1.24 bits per heavy atom. The Kier molecular flexibility index (Phi) is 9.92. The minimum Gasteiger partial charge on any atom is -0.372 e. The lowest BCUT2D eigenvalue weighted by atomic mass is 10.2. The van der Waals surface area contributed by atoms with Crippen molar-refractivity contribution in [2.24, 2.45) is 0 Å². The third-order valence-corrected chi connectivity index (χ3v) is 10.5. The molecule has 0 aromatic carbocycles. The first-order valence-electron chi connectivity index (χ1n) is 7.33. The van der Waals surface area contributed by atoms with Crippen molar-refractivity contribution in [2.45, 2.75) is 50.8 Å². The first kappa shape index (κ1) is 22.9. The van der Waals surface area contributed by atoms with Gasteiger partial charge in [-0.15, -0.1) is 0 Å². The first-order chi connectivity index (χ1) is 11.7. The van der Waals surface area contributed by atoms with Crippen LogP contribution in [0.15, 0.2) is 0 Å². The van der Waals surface area contributed by atoms with Crippen LogP contribution in [0.2, 0.25) is 0 Å². The predicted octanol–water partition coefficient (Wildman–Crippen LogP) is 1.50. The number of hydrogen-bond acceptors (Lipinski definition) is 8. The number of carbonyl (C=O) groups excluding carboxylic acids is 4. The fraction of sp³-hybridized carbons (Fsp3) is 0.692. The molecule has 4 atom stereocenters. The molecule has 0 spiro atoms. The molecule has 1 heterocycles. The number of carbonyl (C=O) groups is 4. The number of ether oxygens (including phenoxy) is 1. The second kappa shape index (κ2) is 10.8. The summed E-state index contributed by atoms with van der Waals surface area (Å²) in [5.74, 6) is -1.61. The van der Waals surface area contributed by atoms with E-state index < -0.39 is 29.5 Å². The van der Waals surface area contributed by atoms with Crippen molar-refractivity contribution >= 4 is 73.4 Å². The smallest absolute Gasteiger partial charge is 0.250 e. The van der Waals surface area contributed by atoms with Gasteiger partial charge in [-0.2, -0.15) is 0 Å². The van der Waals surface area contributed by atoms with Gasteiger partial charge in [-0.3, -0.25) is 24.1 Å². The van der Waals surface area contributed by atoms with Gasteiger partial charge >= 0.3 is 0 Å². The van der Waals surface area contributed by atoms with Crippen molar-refractivity contribution in [1.82, 2.24) is 15.5 Å². The molecule has 0 aromatic heterocycles. The molecule has 0 radical (unpaired) electrons. The van der Waals surface area contributed by atoms with Gasteiger partial charge < -0.3 is 15.4 Å². The van der Waals surface area contributed by atoms with Gasteiger partial charge in [0.1, 0.15) is 17.4 Å². The Morgan fingerprint density at radius 3 is 2.40 bits per heavy atom. The molecule has 142 valence electrons. The highest BCUT2D eigenvalue weighted by atomic mass is 127. The van der Waals surface area contributed by atoms with E-state index in [1.807, 2.05) is 0 Å². The average Bonchev–Trinajstić information content (AvgIpc) is 2.84. The van der Waals surface area contributed by atoms with E-state index in [1.165, 1.54) is 42.6 Å². The van der Waals surface area contributed by atoms with Gasteiger partial charge in [0, 0.05) is 34.7 Å². The molecular formula is C13H20IN3O5S3. The number of imide groups is 1. The van der Waals surface area contributed by atoms with E-state index in [9.17, 15) is 19.2 Å². The molecular weight excluding hydrogens is 501 g/mol. The van der Waals surface area contributed by atoms with Gasteiger partial charge in [-0.1, -0.05) is 10.8 Å².